The molecule has 1 aromatic carbocycles. The maximum Gasteiger partial charge on any atom is 0.187 e. The molecule has 0 amide bonds. The van der Waals surface area contributed by atoms with Crippen LogP contribution in [0.3, 0.4) is 0 Å². The molecule has 6 heteroatoms. The highest BCUT2D eigenvalue weighted by Crippen LogP contribution is 2.37. The normalized spacial score (nSPS) is 10.5. The molecule has 0 aliphatic carbocycles. The number of benzene rings is 1. The second kappa shape index (κ2) is 5.84. The zero-order chi connectivity index (χ0) is 13.8. The van der Waals surface area contributed by atoms with Crippen molar-refractivity contribution in [1.82, 2.24) is 5.16 Å². The number of nitrogen functional groups attached to an aromatic ring is 1. The molecule has 2 N–H and O–H groups in total. The van der Waals surface area contributed by atoms with Crippen LogP contribution in [-0.4, -0.2) is 18.4 Å². The van der Waals surface area contributed by atoms with Crippen LogP contribution in [0.15, 0.2) is 22.7 Å². The van der Waals surface area contributed by atoms with Gasteiger partial charge in [-0.15, -0.1) is 0 Å². The molecule has 1 heterocycles. The third-order valence-corrected chi connectivity index (χ3v) is 2.83. The summed E-state index contributed by atoms with van der Waals surface area (Å²) in [6.45, 7) is 4.92. The van der Waals surface area contributed by atoms with Gasteiger partial charge in [-0.3, -0.25) is 0 Å². The van der Waals surface area contributed by atoms with Gasteiger partial charge in [0.1, 0.15) is 5.02 Å². The number of nitrogens with two attached hydrogens (primary N) is 1. The Hall–Kier alpha value is -1.88. The Balaban J connectivity index is 2.42. The lowest BCUT2D eigenvalue weighted by molar-refractivity contribution is 0.288. The van der Waals surface area contributed by atoms with E-state index in [2.05, 4.69) is 5.16 Å². The minimum atomic E-state index is 0.170. The van der Waals surface area contributed by atoms with Gasteiger partial charge in [0.15, 0.2) is 23.1 Å². The highest BCUT2D eigenvalue weighted by atomic mass is 35.5. The van der Waals surface area contributed by atoms with Gasteiger partial charge in [-0.05, 0) is 32.0 Å². The molecule has 2 aromatic rings. The lowest BCUT2D eigenvalue weighted by Crippen LogP contribution is -1.98. The summed E-state index contributed by atoms with van der Waals surface area (Å²) in [4.78, 5) is 0. The van der Waals surface area contributed by atoms with Crippen molar-refractivity contribution in [3.8, 4) is 22.8 Å². The van der Waals surface area contributed by atoms with Crippen molar-refractivity contribution < 1.29 is 14.0 Å². The lowest BCUT2D eigenvalue weighted by Gasteiger charge is -2.11. The van der Waals surface area contributed by atoms with Crippen LogP contribution in [0.25, 0.3) is 11.3 Å². The van der Waals surface area contributed by atoms with Crippen molar-refractivity contribution in [1.29, 1.82) is 0 Å². The van der Waals surface area contributed by atoms with E-state index in [0.717, 1.165) is 5.56 Å². The molecule has 19 heavy (non-hydrogen) atoms. The van der Waals surface area contributed by atoms with E-state index in [1.165, 1.54) is 0 Å². The Morgan fingerprint density at radius 2 is 1.89 bits per heavy atom. The van der Waals surface area contributed by atoms with E-state index < -0.39 is 0 Å². The molecule has 0 atom stereocenters. The fraction of sp³-hybridized carbons (Fsp3) is 0.308. The zero-order valence-corrected chi connectivity index (χ0v) is 11.5. The van der Waals surface area contributed by atoms with Gasteiger partial charge in [0.25, 0.3) is 0 Å². The summed E-state index contributed by atoms with van der Waals surface area (Å²) in [7, 11) is 0. The van der Waals surface area contributed by atoms with Crippen LogP contribution < -0.4 is 15.2 Å². The fourth-order valence-corrected chi connectivity index (χ4v) is 1.84. The standard InChI is InChI=1S/C13H15ClN2O3/c1-3-17-9-6-5-8(7-10(9)18-4-2)12-11(14)13(15)16-19-12/h5-7H,3-4H2,1-2H3,(H2,15,16). The second-order valence-corrected chi connectivity index (χ2v) is 4.12. The molecule has 5 nitrogen and oxygen atoms in total. The zero-order valence-electron chi connectivity index (χ0n) is 10.8. The number of hydrogen-bond acceptors (Lipinski definition) is 5. The average molecular weight is 283 g/mol. The van der Waals surface area contributed by atoms with E-state index in [9.17, 15) is 0 Å². The van der Waals surface area contributed by atoms with Crippen molar-refractivity contribution in [2.75, 3.05) is 18.9 Å². The quantitative estimate of drug-likeness (QED) is 0.910. The van der Waals surface area contributed by atoms with Gasteiger partial charge in [0.05, 0.1) is 13.2 Å². The Morgan fingerprint density at radius 3 is 2.47 bits per heavy atom. The molecule has 0 saturated carbocycles. The topological polar surface area (TPSA) is 70.5 Å². The minimum absolute atomic E-state index is 0.170. The monoisotopic (exact) mass is 282 g/mol. The van der Waals surface area contributed by atoms with Gasteiger partial charge >= 0.3 is 0 Å². The van der Waals surface area contributed by atoms with Crippen molar-refractivity contribution in [2.24, 2.45) is 0 Å². The minimum Gasteiger partial charge on any atom is -0.490 e. The van der Waals surface area contributed by atoms with Crippen LogP contribution >= 0.6 is 11.6 Å². The number of hydrogen-bond donors (Lipinski definition) is 1. The molecule has 102 valence electrons. The van der Waals surface area contributed by atoms with Gasteiger partial charge in [0, 0.05) is 5.56 Å². The molecular formula is C13H15ClN2O3. The number of ether oxygens (including phenoxy) is 2. The van der Waals surface area contributed by atoms with Crippen LogP contribution in [-0.2, 0) is 0 Å². The molecule has 1 aromatic heterocycles. The summed E-state index contributed by atoms with van der Waals surface area (Å²) in [5.41, 5.74) is 6.30. The van der Waals surface area contributed by atoms with Crippen molar-refractivity contribution >= 4 is 17.4 Å². The first-order chi connectivity index (χ1) is 9.17. The Morgan fingerprint density at radius 1 is 1.21 bits per heavy atom. The van der Waals surface area contributed by atoms with Gasteiger partial charge in [-0.25, -0.2) is 0 Å². The Kier molecular flexibility index (Phi) is 4.16. The van der Waals surface area contributed by atoms with Crippen LogP contribution in [0.2, 0.25) is 5.02 Å². The molecule has 0 aliphatic rings. The summed E-state index contributed by atoms with van der Waals surface area (Å²) in [6.07, 6.45) is 0. The first-order valence-corrected chi connectivity index (χ1v) is 6.35. The lowest BCUT2D eigenvalue weighted by atomic mass is 10.1. The largest absolute Gasteiger partial charge is 0.490 e. The van der Waals surface area contributed by atoms with Crippen LogP contribution in [0.5, 0.6) is 11.5 Å². The average Bonchev–Trinajstić information content (AvgIpc) is 2.73. The molecule has 2 rings (SSSR count). The van der Waals surface area contributed by atoms with Gasteiger partial charge in [0.2, 0.25) is 0 Å². The second-order valence-electron chi connectivity index (χ2n) is 3.74. The maximum atomic E-state index is 6.02. The molecular weight excluding hydrogens is 268 g/mol. The molecule has 0 saturated heterocycles. The third-order valence-electron chi connectivity index (χ3n) is 2.47. The van der Waals surface area contributed by atoms with Crippen LogP contribution in [0.4, 0.5) is 5.82 Å². The molecule has 0 spiro atoms. The van der Waals surface area contributed by atoms with E-state index in [4.69, 9.17) is 31.3 Å². The number of aromatic nitrogens is 1. The SMILES string of the molecule is CCOc1ccc(-c2onc(N)c2Cl)cc1OCC. The third kappa shape index (κ3) is 2.76. The van der Waals surface area contributed by atoms with E-state index in [1.54, 1.807) is 12.1 Å². The summed E-state index contributed by atoms with van der Waals surface area (Å²) in [5.74, 6) is 1.90. The van der Waals surface area contributed by atoms with Crippen molar-refractivity contribution in [2.45, 2.75) is 13.8 Å². The smallest absolute Gasteiger partial charge is 0.187 e. The molecule has 0 radical (unpaired) electrons. The molecule has 0 bridgehead atoms. The van der Waals surface area contributed by atoms with Crippen molar-refractivity contribution in [3.05, 3.63) is 23.2 Å². The summed E-state index contributed by atoms with van der Waals surface area (Å²) >= 11 is 6.02. The van der Waals surface area contributed by atoms with E-state index in [-0.39, 0.29) is 5.82 Å². The molecule has 0 aliphatic heterocycles. The highest BCUT2D eigenvalue weighted by Gasteiger charge is 2.16. The Bertz CT molecular complexity index is 569. The highest BCUT2D eigenvalue weighted by molar-refractivity contribution is 6.35. The first kappa shape index (κ1) is 13.5. The number of rotatable bonds is 5. The fourth-order valence-electron chi connectivity index (χ4n) is 1.66. The summed E-state index contributed by atoms with van der Waals surface area (Å²) in [5, 5.41) is 3.92. The Labute approximate surface area is 116 Å². The number of nitrogens with zero attached hydrogens (tertiary/aromatic N) is 1. The van der Waals surface area contributed by atoms with Gasteiger partial charge in [-0.1, -0.05) is 16.8 Å². The van der Waals surface area contributed by atoms with Crippen molar-refractivity contribution in [3.63, 3.8) is 0 Å². The van der Waals surface area contributed by atoms with E-state index >= 15 is 0 Å². The van der Waals surface area contributed by atoms with E-state index in [0.29, 0.717) is 35.5 Å². The summed E-state index contributed by atoms with van der Waals surface area (Å²) in [6, 6.07) is 5.42. The number of halogens is 1. The predicted octanol–water partition coefficient (Wildman–Crippen LogP) is 3.37. The first-order valence-electron chi connectivity index (χ1n) is 5.98. The van der Waals surface area contributed by atoms with Crippen LogP contribution in [0, 0.1) is 0 Å². The predicted molar refractivity (Wildman–Crippen MR) is 73.7 cm³/mol. The molecule has 0 unspecified atom stereocenters. The van der Waals surface area contributed by atoms with Gasteiger partial charge < -0.3 is 19.7 Å². The van der Waals surface area contributed by atoms with Gasteiger partial charge in [-0.2, -0.15) is 0 Å². The van der Waals surface area contributed by atoms with E-state index in [1.807, 2.05) is 19.9 Å². The van der Waals surface area contributed by atoms with Crippen LogP contribution in [0.1, 0.15) is 13.8 Å². The summed E-state index contributed by atoms with van der Waals surface area (Å²) < 4.78 is 16.1. The molecule has 0 fully saturated rings. The number of anilines is 1. The maximum absolute atomic E-state index is 6.02.